The predicted molar refractivity (Wildman–Crippen MR) is 82.1 cm³/mol. The molecule has 0 aromatic carbocycles. The maximum atomic E-state index is 12.3. The average Bonchev–Trinajstić information content (AvgIpc) is 2.96. The topological polar surface area (TPSA) is 92.9 Å². The van der Waals surface area contributed by atoms with Gasteiger partial charge in [-0.1, -0.05) is 33.1 Å². The highest BCUT2D eigenvalue weighted by Crippen LogP contribution is 2.27. The number of carbonyl (C=O) groups excluding carboxylic acids is 1. The molecule has 1 aromatic heterocycles. The normalized spacial score (nSPS) is 17.6. The first-order valence-corrected chi connectivity index (χ1v) is 8.28. The summed E-state index contributed by atoms with van der Waals surface area (Å²) in [5.74, 6) is 1.28. The Bertz CT molecular complexity index is 468. The third-order valence-electron chi connectivity index (χ3n) is 4.37. The van der Waals surface area contributed by atoms with Gasteiger partial charge in [0.2, 0.25) is 5.91 Å². The second-order valence-electron chi connectivity index (χ2n) is 6.43. The number of aromatic nitrogens is 4. The van der Waals surface area contributed by atoms with Gasteiger partial charge in [0.05, 0.1) is 0 Å². The zero-order valence-corrected chi connectivity index (χ0v) is 13.5. The highest BCUT2D eigenvalue weighted by Gasteiger charge is 2.25. The molecule has 1 fully saturated rings. The van der Waals surface area contributed by atoms with Gasteiger partial charge in [0.1, 0.15) is 6.54 Å². The maximum absolute atomic E-state index is 12.3. The second kappa shape index (κ2) is 8.22. The average molecular weight is 309 g/mol. The molecule has 0 aliphatic heterocycles. The summed E-state index contributed by atoms with van der Waals surface area (Å²) >= 11 is 0. The number of rotatable bonds is 7. The lowest BCUT2D eigenvalue weighted by molar-refractivity contribution is -0.123. The van der Waals surface area contributed by atoms with Crippen molar-refractivity contribution in [2.45, 2.75) is 70.9 Å². The Morgan fingerprint density at radius 2 is 2.09 bits per heavy atom. The molecule has 1 aliphatic rings. The summed E-state index contributed by atoms with van der Waals surface area (Å²) in [5.41, 5.74) is 0. The van der Waals surface area contributed by atoms with Gasteiger partial charge in [-0.25, -0.2) is 4.68 Å². The van der Waals surface area contributed by atoms with Crippen molar-refractivity contribution in [1.82, 2.24) is 25.5 Å². The molecule has 1 atom stereocenters. The number of hydrogen-bond acceptors (Lipinski definition) is 5. The van der Waals surface area contributed by atoms with E-state index in [1.807, 2.05) is 13.8 Å². The lowest BCUT2D eigenvalue weighted by Gasteiger charge is -2.30. The lowest BCUT2D eigenvalue weighted by atomic mass is 9.82. The minimum atomic E-state index is -0.0850. The van der Waals surface area contributed by atoms with E-state index in [0.29, 0.717) is 18.2 Å². The molecule has 2 N–H and O–H groups in total. The van der Waals surface area contributed by atoms with Crippen LogP contribution < -0.4 is 5.32 Å². The van der Waals surface area contributed by atoms with Crippen molar-refractivity contribution in [2.24, 2.45) is 5.92 Å². The minimum absolute atomic E-state index is 0.0526. The summed E-state index contributed by atoms with van der Waals surface area (Å²) < 4.78 is 1.55. The van der Waals surface area contributed by atoms with Crippen molar-refractivity contribution >= 4 is 5.91 Å². The number of carbonyl (C=O) groups is 1. The summed E-state index contributed by atoms with van der Waals surface area (Å²) in [5, 5.41) is 23.8. The van der Waals surface area contributed by atoms with Gasteiger partial charge in [-0.15, -0.1) is 5.10 Å². The maximum Gasteiger partial charge on any atom is 0.242 e. The molecule has 2 rings (SSSR count). The molecule has 0 saturated heterocycles. The SMILES string of the molecule is CC(C)c1nnnn1CC(=O)NC(CCO)C1CCCCC1. The van der Waals surface area contributed by atoms with E-state index in [1.54, 1.807) is 4.68 Å². The second-order valence-corrected chi connectivity index (χ2v) is 6.43. The summed E-state index contributed by atoms with van der Waals surface area (Å²) in [6, 6.07) is 0.0526. The number of hydrogen-bond donors (Lipinski definition) is 2. The van der Waals surface area contributed by atoms with Crippen LogP contribution in [0.3, 0.4) is 0 Å². The van der Waals surface area contributed by atoms with Crippen LogP contribution in [-0.4, -0.2) is 43.9 Å². The Morgan fingerprint density at radius 3 is 2.73 bits per heavy atom. The molecule has 1 aliphatic carbocycles. The molecule has 1 amide bonds. The van der Waals surface area contributed by atoms with Crippen LogP contribution in [0.5, 0.6) is 0 Å². The number of aliphatic hydroxyl groups is 1. The van der Waals surface area contributed by atoms with Crippen LogP contribution in [0.15, 0.2) is 0 Å². The molecule has 0 radical (unpaired) electrons. The number of nitrogens with zero attached hydrogens (tertiary/aromatic N) is 4. The van der Waals surface area contributed by atoms with E-state index in [4.69, 9.17) is 0 Å². The molecule has 1 saturated carbocycles. The third-order valence-corrected chi connectivity index (χ3v) is 4.37. The zero-order chi connectivity index (χ0) is 15.9. The summed E-state index contributed by atoms with van der Waals surface area (Å²) in [7, 11) is 0. The largest absolute Gasteiger partial charge is 0.396 e. The van der Waals surface area contributed by atoms with Gasteiger partial charge in [-0.3, -0.25) is 4.79 Å². The summed E-state index contributed by atoms with van der Waals surface area (Å²) in [6.45, 7) is 4.23. The molecule has 0 bridgehead atoms. The van der Waals surface area contributed by atoms with E-state index in [1.165, 1.54) is 19.3 Å². The standard InChI is InChI=1S/C15H27N5O2/c1-11(2)15-17-18-19-20(15)10-14(22)16-13(8-9-21)12-6-4-3-5-7-12/h11-13,21H,3-10H2,1-2H3,(H,16,22). The molecule has 0 spiro atoms. The quantitative estimate of drug-likeness (QED) is 0.790. The number of amides is 1. The fourth-order valence-corrected chi connectivity index (χ4v) is 3.23. The molecule has 22 heavy (non-hydrogen) atoms. The first kappa shape index (κ1) is 16.9. The zero-order valence-electron chi connectivity index (χ0n) is 13.5. The smallest absolute Gasteiger partial charge is 0.242 e. The molecule has 7 heteroatoms. The monoisotopic (exact) mass is 309 g/mol. The molecular formula is C15H27N5O2. The van der Waals surface area contributed by atoms with Crippen molar-refractivity contribution in [3.63, 3.8) is 0 Å². The Balaban J connectivity index is 1.94. The highest BCUT2D eigenvalue weighted by atomic mass is 16.3. The predicted octanol–water partition coefficient (Wildman–Crippen LogP) is 1.24. The van der Waals surface area contributed by atoms with Crippen molar-refractivity contribution < 1.29 is 9.90 Å². The fourth-order valence-electron chi connectivity index (χ4n) is 3.23. The van der Waals surface area contributed by atoms with Crippen LogP contribution in [0, 0.1) is 5.92 Å². The lowest BCUT2D eigenvalue weighted by Crippen LogP contribution is -2.43. The van der Waals surface area contributed by atoms with Crippen LogP contribution in [0.2, 0.25) is 0 Å². The van der Waals surface area contributed by atoms with E-state index in [2.05, 4.69) is 20.8 Å². The molecule has 1 unspecified atom stereocenters. The Hall–Kier alpha value is -1.50. The van der Waals surface area contributed by atoms with Crippen LogP contribution in [0.1, 0.15) is 64.1 Å². The van der Waals surface area contributed by atoms with Gasteiger partial charge in [0.15, 0.2) is 5.82 Å². The van der Waals surface area contributed by atoms with Gasteiger partial charge in [0.25, 0.3) is 0 Å². The van der Waals surface area contributed by atoms with E-state index in [-0.39, 0.29) is 31.0 Å². The Labute approximate surface area is 131 Å². The van der Waals surface area contributed by atoms with Crippen LogP contribution in [0.25, 0.3) is 0 Å². The first-order chi connectivity index (χ1) is 10.6. The molecule has 124 valence electrons. The van der Waals surface area contributed by atoms with Crippen molar-refractivity contribution in [1.29, 1.82) is 0 Å². The van der Waals surface area contributed by atoms with Crippen molar-refractivity contribution in [3.05, 3.63) is 5.82 Å². The molecular weight excluding hydrogens is 282 g/mol. The fraction of sp³-hybridized carbons (Fsp3) is 0.867. The van der Waals surface area contributed by atoms with Crippen molar-refractivity contribution in [2.75, 3.05) is 6.61 Å². The van der Waals surface area contributed by atoms with Crippen molar-refractivity contribution in [3.8, 4) is 0 Å². The molecule has 1 heterocycles. The van der Waals surface area contributed by atoms with E-state index >= 15 is 0 Å². The molecule has 7 nitrogen and oxygen atoms in total. The third kappa shape index (κ3) is 4.50. The number of aliphatic hydroxyl groups excluding tert-OH is 1. The summed E-state index contributed by atoms with van der Waals surface area (Å²) in [6.07, 6.45) is 6.59. The van der Waals surface area contributed by atoms with E-state index in [9.17, 15) is 9.90 Å². The summed E-state index contributed by atoms with van der Waals surface area (Å²) in [4.78, 5) is 12.3. The van der Waals surface area contributed by atoms with Crippen LogP contribution in [-0.2, 0) is 11.3 Å². The Kier molecular flexibility index (Phi) is 6.30. The molecule has 1 aromatic rings. The van der Waals surface area contributed by atoms with Crippen LogP contribution >= 0.6 is 0 Å². The highest BCUT2D eigenvalue weighted by molar-refractivity contribution is 5.76. The van der Waals surface area contributed by atoms with Gasteiger partial charge >= 0.3 is 0 Å². The van der Waals surface area contributed by atoms with Gasteiger partial charge in [0, 0.05) is 18.6 Å². The van der Waals surface area contributed by atoms with Gasteiger partial charge in [-0.05, 0) is 35.6 Å². The number of nitrogens with one attached hydrogen (secondary N) is 1. The van der Waals surface area contributed by atoms with Crippen LogP contribution in [0.4, 0.5) is 0 Å². The van der Waals surface area contributed by atoms with Gasteiger partial charge in [-0.2, -0.15) is 0 Å². The first-order valence-electron chi connectivity index (χ1n) is 8.28. The minimum Gasteiger partial charge on any atom is -0.396 e. The Morgan fingerprint density at radius 1 is 1.36 bits per heavy atom. The van der Waals surface area contributed by atoms with E-state index < -0.39 is 0 Å². The van der Waals surface area contributed by atoms with Gasteiger partial charge < -0.3 is 10.4 Å². The number of tetrazole rings is 1. The van der Waals surface area contributed by atoms with E-state index in [0.717, 1.165) is 12.8 Å².